The Balaban J connectivity index is 1.59. The second-order valence-electron chi connectivity index (χ2n) is 5.35. The molecule has 0 aromatic carbocycles. The van der Waals surface area contributed by atoms with Crippen LogP contribution in [0.1, 0.15) is 26.2 Å². The van der Waals surface area contributed by atoms with Crippen LogP contribution in [0.3, 0.4) is 0 Å². The van der Waals surface area contributed by atoms with E-state index in [2.05, 4.69) is 27.2 Å². The Hall–Kier alpha value is -1.62. The number of anilines is 1. The molecule has 1 fully saturated rings. The van der Waals surface area contributed by atoms with E-state index in [1.807, 2.05) is 18.3 Å². The first-order valence-electron chi connectivity index (χ1n) is 7.10. The van der Waals surface area contributed by atoms with Crippen LogP contribution in [0.5, 0.6) is 0 Å². The van der Waals surface area contributed by atoms with Crippen LogP contribution in [-0.2, 0) is 0 Å². The van der Waals surface area contributed by atoms with E-state index in [1.54, 1.807) is 10.7 Å². The van der Waals surface area contributed by atoms with Crippen molar-refractivity contribution in [2.24, 2.45) is 0 Å². The topological polar surface area (TPSA) is 45.5 Å². The molecule has 3 rings (SSSR count). The summed E-state index contributed by atoms with van der Waals surface area (Å²) in [4.78, 5) is 7.08. The summed E-state index contributed by atoms with van der Waals surface area (Å²) in [5.41, 5.74) is 0.884. The van der Waals surface area contributed by atoms with Gasteiger partial charge in [-0.2, -0.15) is 5.10 Å². The van der Waals surface area contributed by atoms with Gasteiger partial charge in [0.05, 0.1) is 6.20 Å². The molecule has 0 bridgehead atoms. The fourth-order valence-electron chi connectivity index (χ4n) is 2.72. The number of nitrogens with zero attached hydrogens (tertiary/aromatic N) is 4. The average Bonchev–Trinajstić information content (AvgIpc) is 2.87. The highest BCUT2D eigenvalue weighted by Gasteiger charge is 2.13. The van der Waals surface area contributed by atoms with Gasteiger partial charge in [-0.1, -0.05) is 6.42 Å². The van der Waals surface area contributed by atoms with E-state index in [-0.39, 0.29) is 0 Å². The molecule has 1 N–H and O–H groups in total. The zero-order valence-corrected chi connectivity index (χ0v) is 11.4. The van der Waals surface area contributed by atoms with E-state index in [1.165, 1.54) is 32.4 Å². The van der Waals surface area contributed by atoms with Gasteiger partial charge in [0, 0.05) is 24.8 Å². The molecular weight excluding hydrogens is 238 g/mol. The largest absolute Gasteiger partial charge is 0.366 e. The molecule has 19 heavy (non-hydrogen) atoms. The molecule has 0 saturated carbocycles. The van der Waals surface area contributed by atoms with E-state index < -0.39 is 0 Å². The van der Waals surface area contributed by atoms with Crippen molar-refractivity contribution in [3.8, 4) is 0 Å². The summed E-state index contributed by atoms with van der Waals surface area (Å²) in [5.74, 6) is 0.928. The van der Waals surface area contributed by atoms with Crippen LogP contribution in [-0.4, -0.2) is 45.2 Å². The Kier molecular flexibility index (Phi) is 3.64. The van der Waals surface area contributed by atoms with Crippen molar-refractivity contribution >= 4 is 11.5 Å². The highest BCUT2D eigenvalue weighted by atomic mass is 15.2. The normalized spacial score (nSPS) is 18.6. The van der Waals surface area contributed by atoms with Crippen LogP contribution in [0.2, 0.25) is 0 Å². The molecule has 1 aliphatic heterocycles. The predicted octanol–water partition coefficient (Wildman–Crippen LogP) is 2.02. The molecule has 2 aromatic heterocycles. The fourth-order valence-corrected chi connectivity index (χ4v) is 2.72. The molecule has 1 unspecified atom stereocenters. The minimum absolute atomic E-state index is 0.413. The van der Waals surface area contributed by atoms with Crippen molar-refractivity contribution in [1.82, 2.24) is 19.5 Å². The summed E-state index contributed by atoms with van der Waals surface area (Å²) in [5, 5.41) is 7.63. The van der Waals surface area contributed by atoms with Crippen molar-refractivity contribution < 1.29 is 0 Å². The molecule has 1 saturated heterocycles. The number of rotatable bonds is 4. The predicted molar refractivity (Wildman–Crippen MR) is 76.4 cm³/mol. The highest BCUT2D eigenvalue weighted by molar-refractivity contribution is 5.45. The van der Waals surface area contributed by atoms with Gasteiger partial charge >= 0.3 is 0 Å². The first kappa shape index (κ1) is 12.4. The van der Waals surface area contributed by atoms with Crippen molar-refractivity contribution in [3.05, 3.63) is 24.5 Å². The third-order valence-electron chi connectivity index (χ3n) is 3.63. The lowest BCUT2D eigenvalue weighted by Crippen LogP contribution is -2.38. The summed E-state index contributed by atoms with van der Waals surface area (Å²) >= 11 is 0. The van der Waals surface area contributed by atoms with Gasteiger partial charge in [0.1, 0.15) is 5.82 Å². The standard InChI is InChI=1S/C14H21N5/c1-12(11-18-8-3-2-4-9-18)16-13-6-10-19-14(17-13)5-7-15-19/h5-7,10,12H,2-4,8-9,11H2,1H3,(H,16,17). The lowest BCUT2D eigenvalue weighted by Gasteiger charge is -2.29. The number of hydrogen-bond acceptors (Lipinski definition) is 4. The number of nitrogens with one attached hydrogen (secondary N) is 1. The lowest BCUT2D eigenvalue weighted by molar-refractivity contribution is 0.223. The van der Waals surface area contributed by atoms with Gasteiger partial charge in [-0.3, -0.25) is 0 Å². The Bertz CT molecular complexity index is 529. The quantitative estimate of drug-likeness (QED) is 0.912. The first-order chi connectivity index (χ1) is 9.31. The number of aromatic nitrogens is 3. The molecule has 1 aliphatic rings. The van der Waals surface area contributed by atoms with Crippen LogP contribution in [0.25, 0.3) is 5.65 Å². The van der Waals surface area contributed by atoms with Gasteiger partial charge in [0.15, 0.2) is 5.65 Å². The summed E-state index contributed by atoms with van der Waals surface area (Å²) < 4.78 is 1.78. The van der Waals surface area contributed by atoms with Crippen molar-refractivity contribution in [3.63, 3.8) is 0 Å². The van der Waals surface area contributed by atoms with Gasteiger partial charge in [-0.05, 0) is 38.9 Å². The number of likely N-dealkylation sites (tertiary alicyclic amines) is 1. The van der Waals surface area contributed by atoms with Crippen LogP contribution in [0.4, 0.5) is 5.82 Å². The molecule has 1 atom stereocenters. The molecule has 5 nitrogen and oxygen atoms in total. The minimum atomic E-state index is 0.413. The third kappa shape index (κ3) is 3.04. The van der Waals surface area contributed by atoms with E-state index in [9.17, 15) is 0 Å². The van der Waals surface area contributed by atoms with Crippen LogP contribution in [0.15, 0.2) is 24.5 Å². The second-order valence-corrected chi connectivity index (χ2v) is 5.35. The summed E-state index contributed by atoms with van der Waals surface area (Å²) in [7, 11) is 0. The molecule has 0 aliphatic carbocycles. The Morgan fingerprint density at radius 2 is 2.11 bits per heavy atom. The Morgan fingerprint density at radius 3 is 2.95 bits per heavy atom. The minimum Gasteiger partial charge on any atom is -0.366 e. The van der Waals surface area contributed by atoms with Gasteiger partial charge in [-0.15, -0.1) is 0 Å². The number of hydrogen-bond donors (Lipinski definition) is 1. The number of piperidine rings is 1. The molecule has 2 aromatic rings. The van der Waals surface area contributed by atoms with Crippen molar-refractivity contribution in [2.45, 2.75) is 32.2 Å². The van der Waals surface area contributed by atoms with Gasteiger partial charge in [0.25, 0.3) is 0 Å². The molecule has 0 spiro atoms. The zero-order chi connectivity index (χ0) is 13.1. The molecule has 0 radical (unpaired) electrons. The van der Waals surface area contributed by atoms with E-state index in [0.717, 1.165) is 18.0 Å². The van der Waals surface area contributed by atoms with E-state index >= 15 is 0 Å². The molecule has 3 heterocycles. The number of fused-ring (bicyclic) bond motifs is 1. The third-order valence-corrected chi connectivity index (χ3v) is 3.63. The second kappa shape index (κ2) is 5.57. The average molecular weight is 259 g/mol. The fraction of sp³-hybridized carbons (Fsp3) is 0.571. The molecule has 5 heteroatoms. The van der Waals surface area contributed by atoms with E-state index in [0.29, 0.717) is 6.04 Å². The Labute approximate surface area is 113 Å². The Morgan fingerprint density at radius 1 is 1.26 bits per heavy atom. The van der Waals surface area contributed by atoms with Crippen LogP contribution >= 0.6 is 0 Å². The van der Waals surface area contributed by atoms with Crippen LogP contribution in [0, 0.1) is 0 Å². The summed E-state index contributed by atoms with van der Waals surface area (Å²) in [6, 6.07) is 4.31. The maximum atomic E-state index is 4.54. The summed E-state index contributed by atoms with van der Waals surface area (Å²) in [6.45, 7) is 5.78. The van der Waals surface area contributed by atoms with Gasteiger partial charge in [0.2, 0.25) is 0 Å². The van der Waals surface area contributed by atoms with Gasteiger partial charge < -0.3 is 10.2 Å². The molecule has 102 valence electrons. The maximum Gasteiger partial charge on any atom is 0.157 e. The molecule has 0 amide bonds. The highest BCUT2D eigenvalue weighted by Crippen LogP contribution is 2.11. The van der Waals surface area contributed by atoms with Crippen LogP contribution < -0.4 is 5.32 Å². The first-order valence-corrected chi connectivity index (χ1v) is 7.10. The SMILES string of the molecule is CC(CN1CCCCC1)Nc1ccn2nccc2n1. The zero-order valence-electron chi connectivity index (χ0n) is 11.4. The monoisotopic (exact) mass is 259 g/mol. The maximum absolute atomic E-state index is 4.54. The van der Waals surface area contributed by atoms with E-state index in [4.69, 9.17) is 0 Å². The van der Waals surface area contributed by atoms with Crippen molar-refractivity contribution in [1.29, 1.82) is 0 Å². The van der Waals surface area contributed by atoms with Gasteiger partial charge in [-0.25, -0.2) is 9.50 Å². The lowest BCUT2D eigenvalue weighted by atomic mass is 10.1. The summed E-state index contributed by atoms with van der Waals surface area (Å²) in [6.07, 6.45) is 7.78. The van der Waals surface area contributed by atoms with Crippen molar-refractivity contribution in [2.75, 3.05) is 25.0 Å². The molecular formula is C14H21N5. The smallest absolute Gasteiger partial charge is 0.157 e.